The van der Waals surface area contributed by atoms with Crippen molar-refractivity contribution in [2.24, 2.45) is 5.92 Å². The number of carbonyl (C=O) groups is 1. The molecule has 22 heavy (non-hydrogen) atoms. The van der Waals surface area contributed by atoms with Gasteiger partial charge in [-0.05, 0) is 62.4 Å². The molecule has 5 heteroatoms. The van der Waals surface area contributed by atoms with Crippen molar-refractivity contribution in [2.45, 2.75) is 36.6 Å². The molecule has 1 amide bonds. The van der Waals surface area contributed by atoms with Crippen LogP contribution in [0.25, 0.3) is 0 Å². The van der Waals surface area contributed by atoms with Crippen LogP contribution in [-0.4, -0.2) is 47.3 Å². The lowest BCUT2D eigenvalue weighted by atomic mass is 10.0. The summed E-state index contributed by atoms with van der Waals surface area (Å²) in [5.41, 5.74) is 0. The summed E-state index contributed by atoms with van der Waals surface area (Å²) in [5, 5.41) is 12.9. The highest BCUT2D eigenvalue weighted by atomic mass is 32.2. The molecule has 0 radical (unpaired) electrons. The van der Waals surface area contributed by atoms with E-state index >= 15 is 0 Å². The highest BCUT2D eigenvalue weighted by molar-refractivity contribution is 8.00. The highest BCUT2D eigenvalue weighted by Gasteiger charge is 2.25. The standard InChI is InChI=1S/C17H24N2O2S/c20-15-3-5-16(6-4-15)22-12-17(21)19-9-7-14(8-10-19)18-11-13-1-2-13/h3-6,13-14,18,20H,1-2,7-12H2. The first-order valence-corrected chi connectivity index (χ1v) is 9.12. The van der Waals surface area contributed by atoms with Gasteiger partial charge < -0.3 is 15.3 Å². The van der Waals surface area contributed by atoms with Gasteiger partial charge in [0.15, 0.2) is 0 Å². The van der Waals surface area contributed by atoms with Crippen molar-refractivity contribution in [2.75, 3.05) is 25.4 Å². The minimum absolute atomic E-state index is 0.221. The molecule has 120 valence electrons. The summed E-state index contributed by atoms with van der Waals surface area (Å²) < 4.78 is 0. The summed E-state index contributed by atoms with van der Waals surface area (Å²) in [4.78, 5) is 15.3. The number of phenolic OH excluding ortho intramolecular Hbond substituents is 1. The summed E-state index contributed by atoms with van der Waals surface area (Å²) in [6.07, 6.45) is 4.92. The number of piperidine rings is 1. The summed E-state index contributed by atoms with van der Waals surface area (Å²) in [6, 6.07) is 7.60. The molecule has 0 atom stereocenters. The van der Waals surface area contributed by atoms with Gasteiger partial charge in [0.2, 0.25) is 5.91 Å². The number of hydrogen-bond acceptors (Lipinski definition) is 4. The van der Waals surface area contributed by atoms with Crippen LogP contribution >= 0.6 is 11.8 Å². The summed E-state index contributed by atoms with van der Waals surface area (Å²) in [6.45, 7) is 2.91. The Labute approximate surface area is 136 Å². The molecule has 3 rings (SSSR count). The number of rotatable bonds is 6. The Balaban J connectivity index is 1.36. The molecule has 2 N–H and O–H groups in total. The normalized spacial score (nSPS) is 19.4. The third kappa shape index (κ3) is 4.65. The third-order valence-electron chi connectivity index (χ3n) is 4.44. The van der Waals surface area contributed by atoms with E-state index in [2.05, 4.69) is 5.32 Å². The van der Waals surface area contributed by atoms with Crippen molar-refractivity contribution in [3.8, 4) is 5.75 Å². The fourth-order valence-corrected chi connectivity index (χ4v) is 3.57. The summed E-state index contributed by atoms with van der Waals surface area (Å²) >= 11 is 1.54. The van der Waals surface area contributed by atoms with Crippen LogP contribution in [0.5, 0.6) is 5.75 Å². The molecule has 0 unspecified atom stereocenters. The Kier molecular flexibility index (Phi) is 5.26. The molecule has 1 aliphatic heterocycles. The molecule has 1 aromatic rings. The molecule has 0 aromatic heterocycles. The van der Waals surface area contributed by atoms with Crippen molar-refractivity contribution < 1.29 is 9.90 Å². The minimum Gasteiger partial charge on any atom is -0.508 e. The fraction of sp³-hybridized carbons (Fsp3) is 0.588. The topological polar surface area (TPSA) is 52.6 Å². The van der Waals surface area contributed by atoms with Crippen LogP contribution < -0.4 is 5.32 Å². The van der Waals surface area contributed by atoms with E-state index < -0.39 is 0 Å². The Morgan fingerprint density at radius 2 is 1.86 bits per heavy atom. The first kappa shape index (κ1) is 15.7. The number of amides is 1. The van der Waals surface area contributed by atoms with E-state index in [0.29, 0.717) is 11.8 Å². The lowest BCUT2D eigenvalue weighted by Crippen LogP contribution is -2.45. The third-order valence-corrected chi connectivity index (χ3v) is 5.44. The minimum atomic E-state index is 0.221. The van der Waals surface area contributed by atoms with Crippen LogP contribution in [0, 0.1) is 5.92 Å². The van der Waals surface area contributed by atoms with Crippen LogP contribution in [0.4, 0.5) is 0 Å². The van der Waals surface area contributed by atoms with Crippen LogP contribution in [-0.2, 0) is 4.79 Å². The zero-order chi connectivity index (χ0) is 15.4. The first-order valence-electron chi connectivity index (χ1n) is 8.13. The molecule has 1 saturated heterocycles. The van der Waals surface area contributed by atoms with Crippen LogP contribution in [0.2, 0.25) is 0 Å². The second-order valence-electron chi connectivity index (χ2n) is 6.29. The van der Waals surface area contributed by atoms with Crippen molar-refractivity contribution >= 4 is 17.7 Å². The molecule has 1 heterocycles. The van der Waals surface area contributed by atoms with Crippen molar-refractivity contribution in [3.63, 3.8) is 0 Å². The number of aromatic hydroxyl groups is 1. The summed E-state index contributed by atoms with van der Waals surface area (Å²) in [5.74, 6) is 1.88. The van der Waals surface area contributed by atoms with Gasteiger partial charge in [0.1, 0.15) is 5.75 Å². The number of thioether (sulfide) groups is 1. The molecule has 2 fully saturated rings. The van der Waals surface area contributed by atoms with E-state index in [1.807, 2.05) is 17.0 Å². The smallest absolute Gasteiger partial charge is 0.232 e. The average molecular weight is 320 g/mol. The molecular weight excluding hydrogens is 296 g/mol. The lowest BCUT2D eigenvalue weighted by Gasteiger charge is -2.32. The van der Waals surface area contributed by atoms with Gasteiger partial charge in [-0.25, -0.2) is 0 Å². The number of nitrogens with one attached hydrogen (secondary N) is 1. The van der Waals surface area contributed by atoms with E-state index in [1.165, 1.54) is 24.6 Å². The van der Waals surface area contributed by atoms with E-state index in [0.717, 1.165) is 43.3 Å². The predicted molar refractivity (Wildman–Crippen MR) is 89.2 cm³/mol. The Bertz CT molecular complexity index is 494. The zero-order valence-corrected chi connectivity index (χ0v) is 13.6. The van der Waals surface area contributed by atoms with Gasteiger partial charge in [0, 0.05) is 24.0 Å². The predicted octanol–water partition coefficient (Wildman–Crippen LogP) is 2.47. The van der Waals surface area contributed by atoms with Crippen LogP contribution in [0.3, 0.4) is 0 Å². The number of benzene rings is 1. The number of nitrogens with zero attached hydrogens (tertiary/aromatic N) is 1. The molecule has 4 nitrogen and oxygen atoms in total. The van der Waals surface area contributed by atoms with E-state index in [9.17, 15) is 9.90 Å². The number of hydrogen-bond donors (Lipinski definition) is 2. The van der Waals surface area contributed by atoms with E-state index in [-0.39, 0.29) is 11.7 Å². The summed E-state index contributed by atoms with van der Waals surface area (Å²) in [7, 11) is 0. The largest absolute Gasteiger partial charge is 0.508 e. The lowest BCUT2D eigenvalue weighted by molar-refractivity contribution is -0.129. The van der Waals surface area contributed by atoms with Gasteiger partial charge in [-0.1, -0.05) is 0 Å². The van der Waals surface area contributed by atoms with Gasteiger partial charge in [-0.3, -0.25) is 4.79 Å². The van der Waals surface area contributed by atoms with Gasteiger partial charge in [-0.15, -0.1) is 11.8 Å². The Morgan fingerprint density at radius 3 is 2.50 bits per heavy atom. The maximum Gasteiger partial charge on any atom is 0.232 e. The fourth-order valence-electron chi connectivity index (χ4n) is 2.77. The number of phenols is 1. The number of likely N-dealkylation sites (tertiary alicyclic amines) is 1. The second-order valence-corrected chi connectivity index (χ2v) is 7.34. The van der Waals surface area contributed by atoms with Crippen LogP contribution in [0.15, 0.2) is 29.2 Å². The van der Waals surface area contributed by atoms with E-state index in [4.69, 9.17) is 0 Å². The van der Waals surface area contributed by atoms with Gasteiger partial charge in [0.25, 0.3) is 0 Å². The van der Waals surface area contributed by atoms with Crippen molar-refractivity contribution in [1.29, 1.82) is 0 Å². The van der Waals surface area contributed by atoms with Crippen molar-refractivity contribution in [3.05, 3.63) is 24.3 Å². The molecule has 1 saturated carbocycles. The van der Waals surface area contributed by atoms with Gasteiger partial charge >= 0.3 is 0 Å². The molecule has 2 aliphatic rings. The van der Waals surface area contributed by atoms with E-state index in [1.54, 1.807) is 12.1 Å². The van der Waals surface area contributed by atoms with Crippen molar-refractivity contribution in [1.82, 2.24) is 10.2 Å². The molecule has 1 aromatic carbocycles. The Morgan fingerprint density at radius 1 is 1.18 bits per heavy atom. The second kappa shape index (κ2) is 7.38. The maximum absolute atomic E-state index is 12.3. The maximum atomic E-state index is 12.3. The first-order chi connectivity index (χ1) is 10.7. The molecular formula is C17H24N2O2S. The van der Waals surface area contributed by atoms with Crippen LogP contribution in [0.1, 0.15) is 25.7 Å². The Hall–Kier alpha value is -1.20. The number of carbonyl (C=O) groups excluding carboxylic acids is 1. The molecule has 1 aliphatic carbocycles. The quantitative estimate of drug-likeness (QED) is 0.791. The van der Waals surface area contributed by atoms with Gasteiger partial charge in [0.05, 0.1) is 5.75 Å². The SMILES string of the molecule is O=C(CSc1ccc(O)cc1)N1CCC(NCC2CC2)CC1. The van der Waals surface area contributed by atoms with Gasteiger partial charge in [-0.2, -0.15) is 0 Å². The monoisotopic (exact) mass is 320 g/mol. The molecule has 0 bridgehead atoms. The highest BCUT2D eigenvalue weighted by Crippen LogP contribution is 2.28. The average Bonchev–Trinajstić information content (AvgIpc) is 3.37. The molecule has 0 spiro atoms. The zero-order valence-electron chi connectivity index (χ0n) is 12.8.